The molecule has 0 heterocycles. The van der Waals surface area contributed by atoms with Gasteiger partial charge in [-0.05, 0) is 84.5 Å². The van der Waals surface area contributed by atoms with E-state index in [9.17, 15) is 4.79 Å². The van der Waals surface area contributed by atoms with E-state index in [4.69, 9.17) is 35.4 Å². The first-order chi connectivity index (χ1) is 13.5. The molecule has 3 rings (SSSR count). The number of nitrogens with one attached hydrogen (secondary N) is 2. The molecule has 3 aromatic carbocycles. The largest absolute Gasteiger partial charge is 0.332 e. The second-order valence-electron chi connectivity index (χ2n) is 5.91. The minimum atomic E-state index is -0.0802. The third kappa shape index (κ3) is 5.92. The molecule has 0 saturated carbocycles. The summed E-state index contributed by atoms with van der Waals surface area (Å²) in [7, 11) is 0. The van der Waals surface area contributed by atoms with Crippen molar-refractivity contribution in [1.82, 2.24) is 0 Å². The highest BCUT2D eigenvalue weighted by atomic mass is 35.5. The van der Waals surface area contributed by atoms with E-state index in [0.717, 1.165) is 16.9 Å². The summed E-state index contributed by atoms with van der Waals surface area (Å²) >= 11 is 17.0. The number of hydrogen-bond acceptors (Lipinski definition) is 2. The van der Waals surface area contributed by atoms with Crippen molar-refractivity contribution in [2.45, 2.75) is 0 Å². The Morgan fingerprint density at radius 1 is 0.750 bits per heavy atom. The Kier molecular flexibility index (Phi) is 6.82. The Labute approximate surface area is 179 Å². The Balaban J connectivity index is 1.57. The van der Waals surface area contributed by atoms with Crippen LogP contribution in [0.1, 0.15) is 15.9 Å². The van der Waals surface area contributed by atoms with E-state index < -0.39 is 0 Å². The summed E-state index contributed by atoms with van der Waals surface area (Å²) in [6, 6.07) is 21.6. The van der Waals surface area contributed by atoms with E-state index in [2.05, 4.69) is 10.6 Å². The van der Waals surface area contributed by atoms with E-state index in [1.54, 1.807) is 60.7 Å². The van der Waals surface area contributed by atoms with Crippen LogP contribution in [0.25, 0.3) is 6.08 Å². The average molecular weight is 427 g/mol. The van der Waals surface area contributed by atoms with Gasteiger partial charge in [0, 0.05) is 27.0 Å². The van der Waals surface area contributed by atoms with Crippen LogP contribution in [-0.4, -0.2) is 10.9 Å². The lowest BCUT2D eigenvalue weighted by molar-refractivity contribution is 0.104. The Hall–Kier alpha value is -2.66. The predicted octanol–water partition coefficient (Wildman–Crippen LogP) is 6.70. The number of thiocarbonyl (C=S) groups is 1. The normalized spacial score (nSPS) is 10.6. The molecule has 0 aliphatic carbocycles. The molecular weight excluding hydrogens is 411 g/mol. The fourth-order valence-corrected chi connectivity index (χ4v) is 2.87. The van der Waals surface area contributed by atoms with E-state index in [-0.39, 0.29) is 5.78 Å². The summed E-state index contributed by atoms with van der Waals surface area (Å²) in [5.74, 6) is -0.0802. The zero-order chi connectivity index (χ0) is 19.9. The van der Waals surface area contributed by atoms with Crippen molar-refractivity contribution >= 4 is 63.8 Å². The van der Waals surface area contributed by atoms with Crippen molar-refractivity contribution in [1.29, 1.82) is 0 Å². The molecule has 0 amide bonds. The van der Waals surface area contributed by atoms with Gasteiger partial charge in [0.2, 0.25) is 0 Å². The minimum absolute atomic E-state index is 0.0802. The lowest BCUT2D eigenvalue weighted by atomic mass is 10.1. The summed E-state index contributed by atoms with van der Waals surface area (Å²) in [4.78, 5) is 12.3. The average Bonchev–Trinajstić information content (AvgIpc) is 2.69. The van der Waals surface area contributed by atoms with E-state index in [1.807, 2.05) is 24.3 Å². The van der Waals surface area contributed by atoms with Gasteiger partial charge in [0.1, 0.15) is 0 Å². The molecule has 6 heteroatoms. The molecule has 0 bridgehead atoms. The van der Waals surface area contributed by atoms with Crippen molar-refractivity contribution in [2.24, 2.45) is 0 Å². The number of benzene rings is 3. The lowest BCUT2D eigenvalue weighted by Crippen LogP contribution is -2.18. The standard InChI is InChI=1S/C22H16Cl2N2OS/c23-17-6-1-15(2-7-17)3-14-21(27)16-4-10-19(11-5-16)25-22(28)26-20-12-8-18(24)9-13-20/h1-14H,(H2,25,26,28)/b14-3+. The molecule has 0 radical (unpaired) electrons. The van der Waals surface area contributed by atoms with Crippen molar-refractivity contribution in [3.63, 3.8) is 0 Å². The Morgan fingerprint density at radius 3 is 1.75 bits per heavy atom. The topological polar surface area (TPSA) is 41.1 Å². The summed E-state index contributed by atoms with van der Waals surface area (Å²) in [6.07, 6.45) is 3.30. The lowest BCUT2D eigenvalue weighted by Gasteiger charge is -2.11. The van der Waals surface area contributed by atoms with Gasteiger partial charge in [-0.25, -0.2) is 0 Å². The second-order valence-corrected chi connectivity index (χ2v) is 7.19. The van der Waals surface area contributed by atoms with Gasteiger partial charge < -0.3 is 10.6 Å². The van der Waals surface area contributed by atoms with Crippen LogP contribution in [0.15, 0.2) is 78.9 Å². The smallest absolute Gasteiger partial charge is 0.185 e. The van der Waals surface area contributed by atoms with Crippen LogP contribution in [-0.2, 0) is 0 Å². The first-order valence-corrected chi connectivity index (χ1v) is 9.58. The highest BCUT2D eigenvalue weighted by Crippen LogP contribution is 2.16. The monoisotopic (exact) mass is 426 g/mol. The molecule has 28 heavy (non-hydrogen) atoms. The molecule has 0 fully saturated rings. The zero-order valence-electron chi connectivity index (χ0n) is 14.7. The number of carbonyl (C=O) groups is 1. The van der Waals surface area contributed by atoms with Gasteiger partial charge >= 0.3 is 0 Å². The van der Waals surface area contributed by atoms with Crippen LogP contribution in [0.5, 0.6) is 0 Å². The van der Waals surface area contributed by atoms with Crippen LogP contribution >= 0.6 is 35.4 Å². The number of rotatable bonds is 5. The minimum Gasteiger partial charge on any atom is -0.332 e. The number of carbonyl (C=O) groups excluding carboxylic acids is 1. The third-order valence-electron chi connectivity index (χ3n) is 3.83. The quantitative estimate of drug-likeness (QED) is 0.270. The molecule has 3 aromatic rings. The maximum atomic E-state index is 12.3. The fourth-order valence-electron chi connectivity index (χ4n) is 2.39. The summed E-state index contributed by atoms with van der Waals surface area (Å²) in [5, 5.41) is 7.92. The van der Waals surface area contributed by atoms with Crippen LogP contribution in [0, 0.1) is 0 Å². The van der Waals surface area contributed by atoms with Crippen molar-refractivity contribution in [3.05, 3.63) is 100 Å². The molecule has 0 atom stereocenters. The Morgan fingerprint density at radius 2 is 1.21 bits per heavy atom. The molecule has 0 aromatic heterocycles. The van der Waals surface area contributed by atoms with E-state index in [0.29, 0.717) is 20.7 Å². The number of allylic oxidation sites excluding steroid dienone is 1. The SMILES string of the molecule is O=C(/C=C/c1ccc(Cl)cc1)c1ccc(NC(=S)Nc2ccc(Cl)cc2)cc1. The van der Waals surface area contributed by atoms with Crippen molar-refractivity contribution < 1.29 is 4.79 Å². The molecule has 0 saturated heterocycles. The zero-order valence-corrected chi connectivity index (χ0v) is 17.0. The fraction of sp³-hybridized carbons (Fsp3) is 0. The molecule has 140 valence electrons. The predicted molar refractivity (Wildman–Crippen MR) is 123 cm³/mol. The van der Waals surface area contributed by atoms with Crippen LogP contribution in [0.4, 0.5) is 11.4 Å². The molecule has 0 aliphatic heterocycles. The van der Waals surface area contributed by atoms with Crippen molar-refractivity contribution in [3.8, 4) is 0 Å². The van der Waals surface area contributed by atoms with Gasteiger partial charge in [-0.2, -0.15) is 0 Å². The first kappa shape index (κ1) is 20.1. The molecule has 2 N–H and O–H groups in total. The number of halogens is 2. The molecule has 0 unspecified atom stereocenters. The van der Waals surface area contributed by atoms with Gasteiger partial charge in [-0.1, -0.05) is 41.4 Å². The molecule has 0 spiro atoms. The van der Waals surface area contributed by atoms with Crippen LogP contribution in [0.2, 0.25) is 10.0 Å². The number of anilines is 2. The maximum absolute atomic E-state index is 12.3. The van der Waals surface area contributed by atoms with Crippen LogP contribution < -0.4 is 10.6 Å². The van der Waals surface area contributed by atoms with Gasteiger partial charge in [-0.3, -0.25) is 4.79 Å². The number of ketones is 1. The first-order valence-electron chi connectivity index (χ1n) is 8.41. The highest BCUT2D eigenvalue weighted by Gasteiger charge is 2.04. The summed E-state index contributed by atoms with van der Waals surface area (Å²) < 4.78 is 0. The summed E-state index contributed by atoms with van der Waals surface area (Å²) in [6.45, 7) is 0. The molecular formula is C22H16Cl2N2OS. The third-order valence-corrected chi connectivity index (χ3v) is 4.53. The second kappa shape index (κ2) is 9.51. The molecule has 3 nitrogen and oxygen atoms in total. The van der Waals surface area contributed by atoms with Gasteiger partial charge in [0.25, 0.3) is 0 Å². The van der Waals surface area contributed by atoms with E-state index in [1.165, 1.54) is 0 Å². The maximum Gasteiger partial charge on any atom is 0.185 e. The van der Waals surface area contributed by atoms with Gasteiger partial charge in [-0.15, -0.1) is 0 Å². The van der Waals surface area contributed by atoms with Crippen molar-refractivity contribution in [2.75, 3.05) is 10.6 Å². The summed E-state index contributed by atoms with van der Waals surface area (Å²) in [5.41, 5.74) is 3.12. The number of hydrogen-bond donors (Lipinski definition) is 2. The molecule has 0 aliphatic rings. The Bertz CT molecular complexity index is 998. The van der Waals surface area contributed by atoms with Gasteiger partial charge in [0.05, 0.1) is 0 Å². The highest BCUT2D eigenvalue weighted by molar-refractivity contribution is 7.80. The van der Waals surface area contributed by atoms with E-state index >= 15 is 0 Å². The van der Waals surface area contributed by atoms with Crippen LogP contribution in [0.3, 0.4) is 0 Å². The van der Waals surface area contributed by atoms with Gasteiger partial charge in [0.15, 0.2) is 10.9 Å².